The molecule has 3 amide bonds. The Morgan fingerprint density at radius 1 is 0.867 bits per heavy atom. The molecule has 11 heteroatoms. The summed E-state index contributed by atoms with van der Waals surface area (Å²) in [6, 6.07) is 5.62. The summed E-state index contributed by atoms with van der Waals surface area (Å²) in [7, 11) is 1.79. The number of anilines is 1. The van der Waals surface area contributed by atoms with Gasteiger partial charge in [-0.3, -0.25) is 10.1 Å². The van der Waals surface area contributed by atoms with Crippen LogP contribution in [-0.4, -0.2) is 16.5 Å². The predicted molar refractivity (Wildman–Crippen MR) is 95.8 cm³/mol. The van der Waals surface area contributed by atoms with Gasteiger partial charge >= 0.3 is 18.4 Å². The van der Waals surface area contributed by atoms with Crippen LogP contribution in [0.4, 0.5) is 36.8 Å². The Morgan fingerprint density at radius 3 is 2.03 bits per heavy atom. The van der Waals surface area contributed by atoms with Crippen molar-refractivity contribution >= 4 is 28.5 Å². The summed E-state index contributed by atoms with van der Waals surface area (Å²) in [5, 5.41) is 4.41. The van der Waals surface area contributed by atoms with Crippen LogP contribution in [0.15, 0.2) is 48.7 Å². The predicted octanol–water partition coefficient (Wildman–Crippen LogP) is 5.18. The topological polar surface area (TPSA) is 63.1 Å². The van der Waals surface area contributed by atoms with Crippen molar-refractivity contribution in [2.45, 2.75) is 12.4 Å². The maximum atomic E-state index is 12.9. The third-order valence-electron chi connectivity index (χ3n) is 4.22. The SMILES string of the molecule is Cn1ccc2cc(C(=O)NC(=O)Nc3cc(C(F)(F)F)cc(C(F)(F)F)c3)ccc21. The highest BCUT2D eigenvalue weighted by Gasteiger charge is 2.37. The molecule has 0 spiro atoms. The standard InChI is InChI=1S/C19H13F6N3O2/c1-28-5-4-10-6-11(2-3-15(10)28)16(29)27-17(30)26-14-8-12(18(20,21)22)7-13(9-14)19(23,24)25/h2-9H,1H3,(H2,26,27,29,30). The zero-order valence-electron chi connectivity index (χ0n) is 15.2. The Morgan fingerprint density at radius 2 is 1.47 bits per heavy atom. The zero-order valence-corrected chi connectivity index (χ0v) is 15.2. The Balaban J connectivity index is 1.80. The molecular formula is C19H13F6N3O2. The van der Waals surface area contributed by atoms with Gasteiger partial charge in [0.2, 0.25) is 0 Å². The fourth-order valence-corrected chi connectivity index (χ4v) is 2.79. The fraction of sp³-hybridized carbons (Fsp3) is 0.158. The molecule has 158 valence electrons. The highest BCUT2D eigenvalue weighted by Crippen LogP contribution is 2.37. The van der Waals surface area contributed by atoms with Gasteiger partial charge in [-0.25, -0.2) is 4.79 Å². The van der Waals surface area contributed by atoms with Crippen LogP contribution < -0.4 is 10.6 Å². The maximum Gasteiger partial charge on any atom is 0.416 e. The third kappa shape index (κ3) is 4.56. The maximum absolute atomic E-state index is 12.9. The van der Waals surface area contributed by atoms with Gasteiger partial charge in [-0.2, -0.15) is 26.3 Å². The highest BCUT2D eigenvalue weighted by molar-refractivity contribution is 6.09. The van der Waals surface area contributed by atoms with Gasteiger partial charge in [-0.15, -0.1) is 0 Å². The molecule has 2 aromatic carbocycles. The minimum atomic E-state index is -5.06. The highest BCUT2D eigenvalue weighted by atomic mass is 19.4. The van der Waals surface area contributed by atoms with Crippen LogP contribution in [-0.2, 0) is 19.4 Å². The number of benzene rings is 2. The van der Waals surface area contributed by atoms with Crippen LogP contribution in [0.25, 0.3) is 10.9 Å². The second kappa shape index (κ2) is 7.39. The van der Waals surface area contributed by atoms with E-state index in [1.807, 2.05) is 10.6 Å². The summed E-state index contributed by atoms with van der Waals surface area (Å²) in [5.74, 6) is -0.874. The van der Waals surface area contributed by atoms with Gasteiger partial charge < -0.3 is 9.88 Å². The van der Waals surface area contributed by atoms with Crippen LogP contribution >= 0.6 is 0 Å². The Labute approximate surface area is 165 Å². The number of urea groups is 1. The number of aryl methyl sites for hydroxylation is 1. The average Bonchev–Trinajstić information content (AvgIpc) is 3.00. The Kier molecular flexibility index (Phi) is 5.23. The van der Waals surface area contributed by atoms with Gasteiger partial charge in [-0.1, -0.05) is 0 Å². The van der Waals surface area contributed by atoms with Crippen molar-refractivity contribution in [3.8, 4) is 0 Å². The Hall–Kier alpha value is -3.50. The summed E-state index contributed by atoms with van der Waals surface area (Å²) < 4.78 is 79.1. The fourth-order valence-electron chi connectivity index (χ4n) is 2.79. The molecule has 0 fully saturated rings. The minimum Gasteiger partial charge on any atom is -0.351 e. The summed E-state index contributed by atoms with van der Waals surface area (Å²) in [5.41, 5.74) is -3.04. The van der Waals surface area contributed by atoms with E-state index in [-0.39, 0.29) is 11.6 Å². The quantitative estimate of drug-likeness (QED) is 0.552. The zero-order chi connectivity index (χ0) is 22.3. The lowest BCUT2D eigenvalue weighted by atomic mass is 10.1. The molecule has 1 aromatic heterocycles. The average molecular weight is 429 g/mol. The number of imide groups is 1. The van der Waals surface area contributed by atoms with E-state index in [0.717, 1.165) is 5.52 Å². The molecule has 3 aromatic rings. The minimum absolute atomic E-state index is 0.0662. The number of hydrogen-bond donors (Lipinski definition) is 2. The van der Waals surface area contributed by atoms with Crippen LogP contribution in [0.3, 0.4) is 0 Å². The number of halogens is 6. The lowest BCUT2D eigenvalue weighted by molar-refractivity contribution is -0.143. The number of rotatable bonds is 2. The van der Waals surface area contributed by atoms with Crippen molar-refractivity contribution in [3.63, 3.8) is 0 Å². The Bertz CT molecular complexity index is 1100. The first-order valence-electron chi connectivity index (χ1n) is 8.31. The van der Waals surface area contributed by atoms with E-state index in [0.29, 0.717) is 17.5 Å². The number of hydrogen-bond acceptors (Lipinski definition) is 2. The lowest BCUT2D eigenvalue weighted by Crippen LogP contribution is -2.34. The number of amides is 3. The van der Waals surface area contributed by atoms with E-state index in [2.05, 4.69) is 0 Å². The van der Waals surface area contributed by atoms with Crippen LogP contribution in [0.1, 0.15) is 21.5 Å². The summed E-state index contributed by atoms with van der Waals surface area (Å²) in [4.78, 5) is 24.2. The number of nitrogens with one attached hydrogen (secondary N) is 2. The number of nitrogens with zero attached hydrogens (tertiary/aromatic N) is 1. The van der Waals surface area contributed by atoms with Crippen LogP contribution in [0.5, 0.6) is 0 Å². The van der Waals surface area contributed by atoms with Gasteiger partial charge in [0.1, 0.15) is 0 Å². The van der Waals surface area contributed by atoms with Gasteiger partial charge in [0, 0.05) is 35.4 Å². The van der Waals surface area contributed by atoms with E-state index in [9.17, 15) is 35.9 Å². The molecule has 0 unspecified atom stereocenters. The molecule has 0 atom stereocenters. The van der Waals surface area contributed by atoms with E-state index >= 15 is 0 Å². The van der Waals surface area contributed by atoms with Crippen molar-refractivity contribution in [2.75, 3.05) is 5.32 Å². The molecule has 0 bridgehead atoms. The van der Waals surface area contributed by atoms with Crippen molar-refractivity contribution in [1.82, 2.24) is 9.88 Å². The van der Waals surface area contributed by atoms with E-state index in [4.69, 9.17) is 0 Å². The van der Waals surface area contributed by atoms with Crippen molar-refractivity contribution in [3.05, 3.63) is 65.4 Å². The second-order valence-electron chi connectivity index (χ2n) is 6.40. The number of fused-ring (bicyclic) bond motifs is 1. The van der Waals surface area contributed by atoms with E-state index in [1.165, 1.54) is 12.1 Å². The van der Waals surface area contributed by atoms with E-state index in [1.54, 1.807) is 29.9 Å². The lowest BCUT2D eigenvalue weighted by Gasteiger charge is -2.15. The molecule has 0 radical (unpaired) electrons. The molecule has 30 heavy (non-hydrogen) atoms. The molecule has 2 N–H and O–H groups in total. The monoisotopic (exact) mass is 429 g/mol. The van der Waals surface area contributed by atoms with Crippen molar-refractivity contribution < 1.29 is 35.9 Å². The van der Waals surface area contributed by atoms with Crippen LogP contribution in [0, 0.1) is 0 Å². The largest absolute Gasteiger partial charge is 0.416 e. The van der Waals surface area contributed by atoms with E-state index < -0.39 is 41.1 Å². The summed E-state index contributed by atoms with van der Waals surface area (Å²) in [6.07, 6.45) is -8.37. The third-order valence-corrected chi connectivity index (χ3v) is 4.22. The van der Waals surface area contributed by atoms with Gasteiger partial charge in [0.15, 0.2) is 0 Å². The number of carbonyl (C=O) groups is 2. The number of alkyl halides is 6. The molecule has 0 aliphatic carbocycles. The first kappa shape index (κ1) is 21.2. The number of aromatic nitrogens is 1. The second-order valence-corrected chi connectivity index (χ2v) is 6.40. The molecule has 0 saturated carbocycles. The van der Waals surface area contributed by atoms with Crippen molar-refractivity contribution in [1.29, 1.82) is 0 Å². The molecule has 0 saturated heterocycles. The number of carbonyl (C=O) groups excluding carboxylic acids is 2. The molecular weight excluding hydrogens is 416 g/mol. The molecule has 1 heterocycles. The molecule has 0 aliphatic heterocycles. The van der Waals surface area contributed by atoms with Crippen LogP contribution in [0.2, 0.25) is 0 Å². The molecule has 3 rings (SSSR count). The normalized spacial score (nSPS) is 12.1. The summed E-state index contributed by atoms with van der Waals surface area (Å²) >= 11 is 0. The van der Waals surface area contributed by atoms with Gasteiger partial charge in [0.05, 0.1) is 11.1 Å². The summed E-state index contributed by atoms with van der Waals surface area (Å²) in [6.45, 7) is 0. The van der Waals surface area contributed by atoms with Gasteiger partial charge in [0.25, 0.3) is 5.91 Å². The molecule has 5 nitrogen and oxygen atoms in total. The molecule has 0 aliphatic rings. The smallest absolute Gasteiger partial charge is 0.351 e. The first-order valence-corrected chi connectivity index (χ1v) is 8.31. The van der Waals surface area contributed by atoms with Crippen molar-refractivity contribution in [2.24, 2.45) is 7.05 Å². The van der Waals surface area contributed by atoms with Gasteiger partial charge in [-0.05, 0) is 42.5 Å². The first-order chi connectivity index (χ1) is 13.8.